The van der Waals surface area contributed by atoms with E-state index < -0.39 is 0 Å². The maximum absolute atomic E-state index is 11.1. The number of para-hydroxylation sites is 1. The smallest absolute Gasteiger partial charge is 0.274 e. The lowest BCUT2D eigenvalue weighted by molar-refractivity contribution is -0.385. The van der Waals surface area contributed by atoms with Crippen LogP contribution in [0.25, 0.3) is 0 Å². The summed E-state index contributed by atoms with van der Waals surface area (Å²) in [6.07, 6.45) is 6.53. The minimum atomic E-state index is -0.293. The highest BCUT2D eigenvalue weighted by Crippen LogP contribution is 2.29. The summed E-state index contributed by atoms with van der Waals surface area (Å²) in [5.41, 5.74) is 0.989. The van der Waals surface area contributed by atoms with E-state index in [9.17, 15) is 10.1 Å². The van der Waals surface area contributed by atoms with Crippen molar-refractivity contribution in [1.29, 1.82) is 0 Å². The lowest BCUT2D eigenvalue weighted by Gasteiger charge is -2.30. The van der Waals surface area contributed by atoms with Gasteiger partial charge < -0.3 is 5.32 Å². The van der Waals surface area contributed by atoms with Gasteiger partial charge in [-0.05, 0) is 32.6 Å². The summed E-state index contributed by atoms with van der Waals surface area (Å²) in [4.78, 5) is 10.8. The molecule has 0 heterocycles. The average molecular weight is 276 g/mol. The number of nitro benzene ring substituents is 1. The molecule has 2 rings (SSSR count). The van der Waals surface area contributed by atoms with Crippen LogP contribution < -0.4 is 5.32 Å². The Balaban J connectivity index is 2.04. The zero-order chi connectivity index (χ0) is 14.5. The van der Waals surface area contributed by atoms with Gasteiger partial charge >= 0.3 is 0 Å². The van der Waals surface area contributed by atoms with Crippen molar-refractivity contribution < 1.29 is 4.92 Å². The molecule has 1 saturated carbocycles. The van der Waals surface area contributed by atoms with Crippen LogP contribution >= 0.6 is 0 Å². The maximum Gasteiger partial charge on any atom is 0.274 e. The highest BCUT2D eigenvalue weighted by Gasteiger charge is 2.24. The first-order valence-corrected chi connectivity index (χ1v) is 7.59. The quantitative estimate of drug-likeness (QED) is 0.647. The lowest BCUT2D eigenvalue weighted by Crippen LogP contribution is -2.36. The molecule has 0 aromatic heterocycles. The second kappa shape index (κ2) is 6.84. The van der Waals surface area contributed by atoms with Crippen molar-refractivity contribution in [3.8, 4) is 0 Å². The molecule has 1 aliphatic rings. The monoisotopic (exact) mass is 276 g/mol. The predicted molar refractivity (Wildman–Crippen MR) is 80.7 cm³/mol. The zero-order valence-corrected chi connectivity index (χ0v) is 12.3. The molecule has 2 atom stereocenters. The molecule has 20 heavy (non-hydrogen) atoms. The summed E-state index contributed by atoms with van der Waals surface area (Å²) in [6, 6.07) is 7.44. The Kier molecular flexibility index (Phi) is 5.12. The highest BCUT2D eigenvalue weighted by molar-refractivity contribution is 5.41. The highest BCUT2D eigenvalue weighted by atomic mass is 16.6. The Hall–Kier alpha value is -1.42. The Morgan fingerprint density at radius 2 is 1.85 bits per heavy atom. The van der Waals surface area contributed by atoms with Crippen molar-refractivity contribution in [2.45, 2.75) is 58.0 Å². The van der Waals surface area contributed by atoms with E-state index >= 15 is 0 Å². The summed E-state index contributed by atoms with van der Waals surface area (Å²) in [5, 5.41) is 14.6. The second-order valence-electron chi connectivity index (χ2n) is 5.89. The maximum atomic E-state index is 11.1. The van der Waals surface area contributed by atoms with Crippen molar-refractivity contribution in [3.63, 3.8) is 0 Å². The van der Waals surface area contributed by atoms with Gasteiger partial charge in [-0.15, -0.1) is 0 Å². The van der Waals surface area contributed by atoms with Crippen molar-refractivity contribution in [2.24, 2.45) is 5.92 Å². The predicted octanol–water partition coefficient (Wildman–Crippen LogP) is 4.21. The van der Waals surface area contributed by atoms with Gasteiger partial charge in [0.1, 0.15) is 0 Å². The van der Waals surface area contributed by atoms with Crippen LogP contribution in [0.15, 0.2) is 24.3 Å². The Morgan fingerprint density at radius 1 is 1.20 bits per heavy atom. The van der Waals surface area contributed by atoms with Gasteiger partial charge in [-0.25, -0.2) is 0 Å². The van der Waals surface area contributed by atoms with Gasteiger partial charge in [0, 0.05) is 23.7 Å². The Labute approximate surface area is 120 Å². The molecule has 1 aromatic carbocycles. The van der Waals surface area contributed by atoms with E-state index in [0.29, 0.717) is 12.0 Å². The Morgan fingerprint density at radius 3 is 2.50 bits per heavy atom. The first-order valence-electron chi connectivity index (χ1n) is 7.59. The molecule has 0 radical (unpaired) electrons. The zero-order valence-electron chi connectivity index (χ0n) is 12.3. The number of rotatable bonds is 5. The third-order valence-corrected chi connectivity index (χ3v) is 4.47. The number of hydrogen-bond donors (Lipinski definition) is 1. The molecule has 1 N–H and O–H groups in total. The SMILES string of the molecule is CC(NC(C)C1CCCCC1)c1ccccc1[N+](=O)[O-]. The van der Waals surface area contributed by atoms with Gasteiger partial charge in [0.25, 0.3) is 5.69 Å². The van der Waals surface area contributed by atoms with Gasteiger partial charge in [-0.2, -0.15) is 0 Å². The van der Waals surface area contributed by atoms with Crippen LogP contribution in [0.3, 0.4) is 0 Å². The van der Waals surface area contributed by atoms with E-state index in [-0.39, 0.29) is 16.7 Å². The molecule has 4 nitrogen and oxygen atoms in total. The molecule has 2 unspecified atom stereocenters. The van der Waals surface area contributed by atoms with E-state index in [1.54, 1.807) is 12.1 Å². The van der Waals surface area contributed by atoms with Crippen LogP contribution in [0.2, 0.25) is 0 Å². The molecule has 4 heteroatoms. The van der Waals surface area contributed by atoms with Crippen molar-refractivity contribution >= 4 is 5.69 Å². The molecule has 110 valence electrons. The number of hydrogen-bond acceptors (Lipinski definition) is 3. The lowest BCUT2D eigenvalue weighted by atomic mass is 9.84. The number of nitrogens with zero attached hydrogens (tertiary/aromatic N) is 1. The number of benzene rings is 1. The van der Waals surface area contributed by atoms with E-state index in [1.165, 1.54) is 32.1 Å². The third kappa shape index (κ3) is 3.57. The number of nitro groups is 1. The molecule has 1 aliphatic carbocycles. The molecular formula is C16H24N2O2. The molecule has 0 bridgehead atoms. The van der Waals surface area contributed by atoms with E-state index in [4.69, 9.17) is 0 Å². The van der Waals surface area contributed by atoms with Crippen LogP contribution in [0.4, 0.5) is 5.69 Å². The van der Waals surface area contributed by atoms with E-state index in [0.717, 1.165) is 5.56 Å². The van der Waals surface area contributed by atoms with Crippen molar-refractivity contribution in [1.82, 2.24) is 5.32 Å². The average Bonchev–Trinajstić information content (AvgIpc) is 2.48. The molecule has 0 spiro atoms. The Bertz CT molecular complexity index is 456. The van der Waals surface area contributed by atoms with E-state index in [1.807, 2.05) is 19.1 Å². The van der Waals surface area contributed by atoms with Crippen molar-refractivity contribution in [2.75, 3.05) is 0 Å². The fourth-order valence-corrected chi connectivity index (χ4v) is 3.27. The van der Waals surface area contributed by atoms with Crippen molar-refractivity contribution in [3.05, 3.63) is 39.9 Å². The largest absolute Gasteiger partial charge is 0.307 e. The number of nitrogens with one attached hydrogen (secondary N) is 1. The van der Waals surface area contributed by atoms with E-state index in [2.05, 4.69) is 12.2 Å². The second-order valence-corrected chi connectivity index (χ2v) is 5.89. The minimum Gasteiger partial charge on any atom is -0.307 e. The fourth-order valence-electron chi connectivity index (χ4n) is 3.27. The molecule has 1 aromatic rings. The van der Waals surface area contributed by atoms with Gasteiger partial charge in [0.05, 0.1) is 4.92 Å². The summed E-state index contributed by atoms with van der Waals surface area (Å²) in [5.74, 6) is 0.703. The molecule has 0 aliphatic heterocycles. The molecule has 1 fully saturated rings. The third-order valence-electron chi connectivity index (χ3n) is 4.47. The van der Waals surface area contributed by atoms with Crippen LogP contribution in [-0.4, -0.2) is 11.0 Å². The van der Waals surface area contributed by atoms with Gasteiger partial charge in [0.15, 0.2) is 0 Å². The topological polar surface area (TPSA) is 55.2 Å². The van der Waals surface area contributed by atoms with Crippen LogP contribution in [0.1, 0.15) is 57.6 Å². The summed E-state index contributed by atoms with van der Waals surface area (Å²) in [7, 11) is 0. The van der Waals surface area contributed by atoms with Gasteiger partial charge in [0.2, 0.25) is 0 Å². The van der Waals surface area contributed by atoms with Crippen LogP contribution in [-0.2, 0) is 0 Å². The summed E-state index contributed by atoms with van der Waals surface area (Å²) < 4.78 is 0. The summed E-state index contributed by atoms with van der Waals surface area (Å²) >= 11 is 0. The first kappa shape index (κ1) is 15.0. The molecule has 0 amide bonds. The summed E-state index contributed by atoms with van der Waals surface area (Å²) in [6.45, 7) is 4.23. The molecular weight excluding hydrogens is 252 g/mol. The van der Waals surface area contributed by atoms with Gasteiger partial charge in [-0.1, -0.05) is 37.5 Å². The first-order chi connectivity index (χ1) is 9.59. The van der Waals surface area contributed by atoms with Gasteiger partial charge in [-0.3, -0.25) is 10.1 Å². The normalized spacial score (nSPS) is 19.5. The van der Waals surface area contributed by atoms with Crippen LogP contribution in [0.5, 0.6) is 0 Å². The standard InChI is InChI=1S/C16H24N2O2/c1-12(14-8-4-3-5-9-14)17-13(2)15-10-6-7-11-16(15)18(19)20/h6-7,10-14,17H,3-5,8-9H2,1-2H3. The molecule has 0 saturated heterocycles. The fraction of sp³-hybridized carbons (Fsp3) is 0.625. The van der Waals surface area contributed by atoms with Crippen LogP contribution in [0, 0.1) is 16.0 Å². The minimum absolute atomic E-state index is 0.00789.